The Kier molecular flexibility index (Phi) is 7.22. The Morgan fingerprint density at radius 1 is 1.10 bits per heavy atom. The van der Waals surface area contributed by atoms with Gasteiger partial charge in [-0.3, -0.25) is 14.4 Å². The quantitative estimate of drug-likeness (QED) is 0.300. The minimum Gasteiger partial charge on any atom is -0.481 e. The van der Waals surface area contributed by atoms with Gasteiger partial charge in [-0.05, 0) is 30.7 Å². The zero-order valence-corrected chi connectivity index (χ0v) is 15.7. The van der Waals surface area contributed by atoms with Gasteiger partial charge in [0.1, 0.15) is 6.04 Å². The molecule has 1 heterocycles. The molecule has 0 radical (unpaired) electrons. The number of carbonyl (C=O) groups is 4. The molecule has 8 N–H and O–H groups in total. The number of benzene rings is 1. The summed E-state index contributed by atoms with van der Waals surface area (Å²) in [4.78, 5) is 53.1. The summed E-state index contributed by atoms with van der Waals surface area (Å²) in [7, 11) is 0. The van der Waals surface area contributed by atoms with E-state index < -0.39 is 29.8 Å². The number of carboxylic acids is 2. The molecule has 2 rings (SSSR count). The van der Waals surface area contributed by atoms with Gasteiger partial charge >= 0.3 is 11.9 Å². The summed E-state index contributed by atoms with van der Waals surface area (Å²) in [6.45, 7) is 0.204. The van der Waals surface area contributed by atoms with Crippen LogP contribution in [-0.2, 0) is 16.1 Å². The molecule has 2 aromatic rings. The molecule has 0 saturated carbocycles. The highest BCUT2D eigenvalue weighted by molar-refractivity contribution is 5.97. The highest BCUT2D eigenvalue weighted by Gasteiger charge is 2.21. The first-order valence-electron chi connectivity index (χ1n) is 8.68. The number of nitrogens with one attached hydrogen (secondary N) is 2. The van der Waals surface area contributed by atoms with E-state index in [1.807, 2.05) is 0 Å². The van der Waals surface area contributed by atoms with Crippen LogP contribution in [0, 0.1) is 0 Å². The Labute approximate surface area is 170 Å². The molecule has 2 amide bonds. The number of nitrogen functional groups attached to an aromatic ring is 1. The zero-order valence-electron chi connectivity index (χ0n) is 15.7. The van der Waals surface area contributed by atoms with Crippen LogP contribution in [-0.4, -0.2) is 50.0 Å². The van der Waals surface area contributed by atoms with Crippen molar-refractivity contribution in [3.8, 4) is 0 Å². The molecule has 12 heteroatoms. The van der Waals surface area contributed by atoms with Gasteiger partial charge in [0.05, 0.1) is 18.4 Å². The van der Waals surface area contributed by atoms with Gasteiger partial charge in [0.2, 0.25) is 0 Å². The molecule has 12 nitrogen and oxygen atoms in total. The molecule has 0 saturated heterocycles. The maximum Gasteiger partial charge on any atom is 0.326 e. The zero-order chi connectivity index (χ0) is 22.3. The molecule has 1 atom stereocenters. The van der Waals surface area contributed by atoms with Crippen LogP contribution in [0.5, 0.6) is 0 Å². The highest BCUT2D eigenvalue weighted by Crippen LogP contribution is 2.12. The third kappa shape index (κ3) is 6.15. The predicted octanol–water partition coefficient (Wildman–Crippen LogP) is -0.182. The Balaban J connectivity index is 1.98. The fourth-order valence-electron chi connectivity index (χ4n) is 2.40. The average molecular weight is 416 g/mol. The van der Waals surface area contributed by atoms with E-state index in [2.05, 4.69) is 20.6 Å². The second-order valence-electron chi connectivity index (χ2n) is 6.19. The molecular weight excluding hydrogens is 396 g/mol. The summed E-state index contributed by atoms with van der Waals surface area (Å²) < 4.78 is 0. The van der Waals surface area contributed by atoms with E-state index >= 15 is 0 Å². The van der Waals surface area contributed by atoms with Crippen molar-refractivity contribution in [3.05, 3.63) is 47.4 Å². The average Bonchev–Trinajstić information content (AvgIpc) is 2.70. The molecule has 0 bridgehead atoms. The molecule has 1 aromatic heterocycles. The topological polar surface area (TPSA) is 211 Å². The first-order valence-corrected chi connectivity index (χ1v) is 8.68. The van der Waals surface area contributed by atoms with Crippen LogP contribution in [0.2, 0.25) is 0 Å². The number of anilines is 2. The van der Waals surface area contributed by atoms with E-state index in [-0.39, 0.29) is 36.5 Å². The minimum absolute atomic E-state index is 0.0652. The number of aliphatic carboxylic acids is 2. The summed E-state index contributed by atoms with van der Waals surface area (Å²) in [5, 5.41) is 23.1. The van der Waals surface area contributed by atoms with E-state index in [0.29, 0.717) is 11.4 Å². The SMILES string of the molecule is NC(=O)c1nc(CNc2ccc(C(=O)N[C@@H](CCC(=O)O)C(=O)O)cc2)cnc1N. The fraction of sp³-hybridized carbons (Fsp3) is 0.222. The molecular formula is C18H20N6O6. The lowest BCUT2D eigenvalue weighted by atomic mass is 10.1. The lowest BCUT2D eigenvalue weighted by Crippen LogP contribution is -2.41. The number of nitrogens with two attached hydrogens (primary N) is 2. The van der Waals surface area contributed by atoms with E-state index in [1.165, 1.54) is 18.3 Å². The largest absolute Gasteiger partial charge is 0.481 e. The molecule has 30 heavy (non-hydrogen) atoms. The van der Waals surface area contributed by atoms with E-state index in [0.717, 1.165) is 0 Å². The number of rotatable bonds is 10. The van der Waals surface area contributed by atoms with Crippen molar-refractivity contribution in [1.29, 1.82) is 0 Å². The van der Waals surface area contributed by atoms with Gasteiger partial charge in [-0.15, -0.1) is 0 Å². The number of amides is 2. The molecule has 0 unspecified atom stereocenters. The second-order valence-corrected chi connectivity index (χ2v) is 6.19. The van der Waals surface area contributed by atoms with Crippen LogP contribution >= 0.6 is 0 Å². The lowest BCUT2D eigenvalue weighted by molar-refractivity contribution is -0.140. The Bertz CT molecular complexity index is 962. The summed E-state index contributed by atoms with van der Waals surface area (Å²) in [5.41, 5.74) is 11.8. The van der Waals surface area contributed by atoms with Crippen LogP contribution in [0.4, 0.5) is 11.5 Å². The lowest BCUT2D eigenvalue weighted by Gasteiger charge is -2.14. The molecule has 0 spiro atoms. The summed E-state index contributed by atoms with van der Waals surface area (Å²) in [6, 6.07) is 4.80. The van der Waals surface area contributed by atoms with Crippen molar-refractivity contribution in [2.24, 2.45) is 5.73 Å². The molecule has 0 aliphatic carbocycles. The monoisotopic (exact) mass is 416 g/mol. The number of hydrogen-bond acceptors (Lipinski definition) is 8. The molecule has 0 fully saturated rings. The maximum absolute atomic E-state index is 12.2. The minimum atomic E-state index is -1.32. The highest BCUT2D eigenvalue weighted by atomic mass is 16.4. The number of nitrogens with zero attached hydrogens (tertiary/aromatic N) is 2. The molecule has 0 aliphatic rings. The van der Waals surface area contributed by atoms with Crippen molar-refractivity contribution < 1.29 is 29.4 Å². The number of carboxylic acid groups (broad SMARTS) is 2. The summed E-state index contributed by atoms with van der Waals surface area (Å²) in [5.74, 6) is -3.97. The van der Waals surface area contributed by atoms with Crippen molar-refractivity contribution >= 4 is 35.3 Å². The van der Waals surface area contributed by atoms with E-state index in [9.17, 15) is 19.2 Å². The van der Waals surface area contributed by atoms with Gasteiger partial charge in [0, 0.05) is 17.7 Å². The van der Waals surface area contributed by atoms with Gasteiger partial charge in [0.25, 0.3) is 11.8 Å². The first-order chi connectivity index (χ1) is 14.2. The fourth-order valence-corrected chi connectivity index (χ4v) is 2.40. The Morgan fingerprint density at radius 2 is 1.77 bits per heavy atom. The van der Waals surface area contributed by atoms with E-state index in [1.54, 1.807) is 12.1 Å². The van der Waals surface area contributed by atoms with Crippen LogP contribution < -0.4 is 22.1 Å². The van der Waals surface area contributed by atoms with Crippen molar-refractivity contribution in [3.63, 3.8) is 0 Å². The number of carbonyl (C=O) groups excluding carboxylic acids is 2. The van der Waals surface area contributed by atoms with Crippen LogP contribution in [0.1, 0.15) is 39.4 Å². The normalized spacial score (nSPS) is 11.3. The summed E-state index contributed by atoms with van der Waals surface area (Å²) in [6.07, 6.45) is 0.775. The first kappa shape index (κ1) is 22.1. The number of aromatic nitrogens is 2. The molecule has 0 aliphatic heterocycles. The Hall–Kier alpha value is -4.22. The standard InChI is InChI=1S/C18H20N6O6/c19-15-14(16(20)27)23-11(8-22-15)7-21-10-3-1-9(2-4-10)17(28)24-12(18(29)30)5-6-13(25)26/h1-4,8,12,21H,5-7H2,(H2,19,22)(H2,20,27)(H,24,28)(H,25,26)(H,29,30)/t12-/m0/s1. The molecule has 1 aromatic carbocycles. The predicted molar refractivity (Wildman–Crippen MR) is 104 cm³/mol. The van der Waals surface area contributed by atoms with Crippen molar-refractivity contribution in [2.45, 2.75) is 25.4 Å². The van der Waals surface area contributed by atoms with Gasteiger partial charge in [0.15, 0.2) is 11.5 Å². The van der Waals surface area contributed by atoms with E-state index in [4.69, 9.17) is 21.7 Å². The smallest absolute Gasteiger partial charge is 0.326 e. The van der Waals surface area contributed by atoms with Gasteiger partial charge in [-0.25, -0.2) is 14.8 Å². The van der Waals surface area contributed by atoms with Crippen molar-refractivity contribution in [2.75, 3.05) is 11.1 Å². The third-order valence-corrected chi connectivity index (χ3v) is 3.96. The van der Waals surface area contributed by atoms with Gasteiger partial charge in [-0.1, -0.05) is 0 Å². The van der Waals surface area contributed by atoms with Crippen molar-refractivity contribution in [1.82, 2.24) is 15.3 Å². The van der Waals surface area contributed by atoms with Gasteiger partial charge < -0.3 is 32.3 Å². The maximum atomic E-state index is 12.2. The number of primary amides is 1. The molecule has 158 valence electrons. The van der Waals surface area contributed by atoms with Gasteiger partial charge in [-0.2, -0.15) is 0 Å². The second kappa shape index (κ2) is 9.82. The van der Waals surface area contributed by atoms with Crippen LogP contribution in [0.15, 0.2) is 30.5 Å². The third-order valence-electron chi connectivity index (χ3n) is 3.96. The van der Waals surface area contributed by atoms with Crippen LogP contribution in [0.3, 0.4) is 0 Å². The Morgan fingerprint density at radius 3 is 2.33 bits per heavy atom. The summed E-state index contributed by atoms with van der Waals surface area (Å²) >= 11 is 0. The van der Waals surface area contributed by atoms with Crippen LogP contribution in [0.25, 0.3) is 0 Å². The number of hydrogen-bond donors (Lipinski definition) is 6.